The van der Waals surface area contributed by atoms with Crippen LogP contribution >= 0.6 is 0 Å². The molecule has 0 spiro atoms. The van der Waals surface area contributed by atoms with Crippen LogP contribution in [0.1, 0.15) is 24.1 Å². The third-order valence-electron chi connectivity index (χ3n) is 4.19. The SMILES string of the molecule is COc1cc(/C=C/C(=O)OCC(=O)NC(C)c2ccc(F)cc2)cc(OC)c1OC. The van der Waals surface area contributed by atoms with E-state index < -0.39 is 18.5 Å². The molecule has 0 radical (unpaired) electrons. The lowest BCUT2D eigenvalue weighted by Gasteiger charge is -2.14. The standard InChI is InChI=1S/C22H24FNO6/c1-14(16-6-8-17(23)9-7-16)24-20(25)13-30-21(26)10-5-15-11-18(27-2)22(29-4)19(12-15)28-3/h5-12,14H,13H2,1-4H3,(H,24,25)/b10-5+. The van der Waals surface area contributed by atoms with E-state index in [1.165, 1.54) is 45.6 Å². The van der Waals surface area contributed by atoms with Gasteiger partial charge in [-0.25, -0.2) is 9.18 Å². The molecule has 0 aliphatic heterocycles. The van der Waals surface area contributed by atoms with Crippen molar-refractivity contribution in [3.8, 4) is 17.2 Å². The van der Waals surface area contributed by atoms with Gasteiger partial charge in [0.2, 0.25) is 5.75 Å². The Balaban J connectivity index is 1.91. The number of esters is 1. The van der Waals surface area contributed by atoms with Crippen molar-refractivity contribution in [2.45, 2.75) is 13.0 Å². The van der Waals surface area contributed by atoms with Crippen LogP contribution in [0.4, 0.5) is 4.39 Å². The molecule has 2 aromatic rings. The predicted octanol–water partition coefficient (Wildman–Crippen LogP) is 3.29. The highest BCUT2D eigenvalue weighted by atomic mass is 19.1. The van der Waals surface area contributed by atoms with Crippen LogP contribution in [0.5, 0.6) is 17.2 Å². The summed E-state index contributed by atoms with van der Waals surface area (Å²) in [6, 6.07) is 8.76. The fourth-order valence-electron chi connectivity index (χ4n) is 2.66. The molecule has 30 heavy (non-hydrogen) atoms. The third kappa shape index (κ3) is 6.23. The van der Waals surface area contributed by atoms with E-state index in [0.717, 1.165) is 5.56 Å². The summed E-state index contributed by atoms with van der Waals surface area (Å²) in [6.45, 7) is 1.31. The van der Waals surface area contributed by atoms with Gasteiger partial charge < -0.3 is 24.3 Å². The Morgan fingerprint density at radius 2 is 1.63 bits per heavy atom. The lowest BCUT2D eigenvalue weighted by Crippen LogP contribution is -2.30. The molecule has 0 heterocycles. The quantitative estimate of drug-likeness (QED) is 0.498. The Morgan fingerprint density at radius 1 is 1.03 bits per heavy atom. The molecular weight excluding hydrogens is 393 g/mol. The number of carbonyl (C=O) groups excluding carboxylic acids is 2. The summed E-state index contributed by atoms with van der Waals surface area (Å²) >= 11 is 0. The van der Waals surface area contributed by atoms with Crippen molar-refractivity contribution in [3.63, 3.8) is 0 Å². The number of rotatable bonds is 9. The Bertz CT molecular complexity index is 885. The van der Waals surface area contributed by atoms with Gasteiger partial charge in [-0.1, -0.05) is 12.1 Å². The van der Waals surface area contributed by atoms with Gasteiger partial charge in [0.15, 0.2) is 18.1 Å². The van der Waals surface area contributed by atoms with Crippen LogP contribution in [0.15, 0.2) is 42.5 Å². The first-order valence-corrected chi connectivity index (χ1v) is 9.07. The second-order valence-corrected chi connectivity index (χ2v) is 6.24. The Hall–Kier alpha value is -3.55. The lowest BCUT2D eigenvalue weighted by molar-refractivity contribution is -0.144. The van der Waals surface area contributed by atoms with Gasteiger partial charge in [-0.3, -0.25) is 4.79 Å². The summed E-state index contributed by atoms with van der Waals surface area (Å²) in [7, 11) is 4.48. The zero-order valence-electron chi connectivity index (χ0n) is 17.2. The van der Waals surface area contributed by atoms with E-state index in [-0.39, 0.29) is 11.9 Å². The van der Waals surface area contributed by atoms with E-state index in [0.29, 0.717) is 22.8 Å². The number of halogens is 1. The molecule has 1 unspecified atom stereocenters. The van der Waals surface area contributed by atoms with Crippen molar-refractivity contribution in [2.75, 3.05) is 27.9 Å². The van der Waals surface area contributed by atoms with Crippen LogP contribution in [-0.4, -0.2) is 39.8 Å². The predicted molar refractivity (Wildman–Crippen MR) is 109 cm³/mol. The van der Waals surface area contributed by atoms with E-state index in [4.69, 9.17) is 18.9 Å². The van der Waals surface area contributed by atoms with Gasteiger partial charge >= 0.3 is 5.97 Å². The van der Waals surface area contributed by atoms with Crippen molar-refractivity contribution >= 4 is 18.0 Å². The number of nitrogens with one attached hydrogen (secondary N) is 1. The molecule has 0 saturated carbocycles. The van der Waals surface area contributed by atoms with Crippen LogP contribution in [-0.2, 0) is 14.3 Å². The van der Waals surface area contributed by atoms with Crippen LogP contribution in [0.2, 0.25) is 0 Å². The minimum Gasteiger partial charge on any atom is -0.493 e. The lowest BCUT2D eigenvalue weighted by atomic mass is 10.1. The molecule has 0 aromatic heterocycles. The fraction of sp³-hybridized carbons (Fsp3) is 0.273. The Labute approximate surface area is 174 Å². The molecule has 1 amide bonds. The van der Waals surface area contributed by atoms with E-state index in [9.17, 15) is 14.0 Å². The highest BCUT2D eigenvalue weighted by Crippen LogP contribution is 2.38. The fourth-order valence-corrected chi connectivity index (χ4v) is 2.66. The van der Waals surface area contributed by atoms with Crippen LogP contribution in [0.25, 0.3) is 6.08 Å². The highest BCUT2D eigenvalue weighted by molar-refractivity contribution is 5.89. The number of amides is 1. The maximum atomic E-state index is 13.0. The number of benzene rings is 2. The molecule has 0 saturated heterocycles. The van der Waals surface area contributed by atoms with Crippen LogP contribution in [0.3, 0.4) is 0 Å². The van der Waals surface area contributed by atoms with Gasteiger partial charge in [0.05, 0.1) is 27.4 Å². The maximum Gasteiger partial charge on any atom is 0.331 e. The van der Waals surface area contributed by atoms with Crippen molar-refractivity contribution in [1.82, 2.24) is 5.32 Å². The average Bonchev–Trinajstić information content (AvgIpc) is 2.75. The third-order valence-corrected chi connectivity index (χ3v) is 4.19. The maximum absolute atomic E-state index is 13.0. The molecule has 8 heteroatoms. The van der Waals surface area contributed by atoms with Gasteiger partial charge in [0.1, 0.15) is 5.82 Å². The van der Waals surface area contributed by atoms with Crippen molar-refractivity contribution in [1.29, 1.82) is 0 Å². The van der Waals surface area contributed by atoms with Crippen LogP contribution in [0, 0.1) is 5.82 Å². The summed E-state index contributed by atoms with van der Waals surface area (Å²) < 4.78 is 33.7. The van der Waals surface area contributed by atoms with Gasteiger partial charge in [-0.2, -0.15) is 0 Å². The smallest absolute Gasteiger partial charge is 0.331 e. The first-order valence-electron chi connectivity index (χ1n) is 9.07. The van der Waals surface area contributed by atoms with E-state index >= 15 is 0 Å². The molecule has 0 fully saturated rings. The van der Waals surface area contributed by atoms with Gasteiger partial charge in [0, 0.05) is 6.08 Å². The highest BCUT2D eigenvalue weighted by Gasteiger charge is 2.13. The topological polar surface area (TPSA) is 83.1 Å². The summed E-state index contributed by atoms with van der Waals surface area (Å²) in [5.74, 6) is -0.190. The Morgan fingerprint density at radius 3 is 2.17 bits per heavy atom. The molecular formula is C22H24FNO6. The monoisotopic (exact) mass is 417 g/mol. The minimum absolute atomic E-state index is 0.355. The second-order valence-electron chi connectivity index (χ2n) is 6.24. The average molecular weight is 417 g/mol. The first-order chi connectivity index (χ1) is 14.4. The van der Waals surface area contributed by atoms with Crippen molar-refractivity contribution in [3.05, 3.63) is 59.4 Å². The molecule has 1 atom stereocenters. The number of hydrogen-bond donors (Lipinski definition) is 1. The molecule has 0 aliphatic rings. The normalized spacial score (nSPS) is 11.6. The summed E-state index contributed by atoms with van der Waals surface area (Å²) in [5.41, 5.74) is 1.36. The molecule has 0 bridgehead atoms. The first kappa shape index (κ1) is 22.7. The zero-order chi connectivity index (χ0) is 22.1. The molecule has 1 N–H and O–H groups in total. The number of methoxy groups -OCH3 is 3. The molecule has 2 aromatic carbocycles. The van der Waals surface area contributed by atoms with E-state index in [2.05, 4.69) is 5.32 Å². The summed E-state index contributed by atoms with van der Waals surface area (Å²) in [4.78, 5) is 23.9. The largest absolute Gasteiger partial charge is 0.493 e. The molecule has 7 nitrogen and oxygen atoms in total. The number of ether oxygens (including phenoxy) is 4. The second kappa shape index (κ2) is 10.8. The van der Waals surface area contributed by atoms with E-state index in [1.807, 2.05) is 0 Å². The summed E-state index contributed by atoms with van der Waals surface area (Å²) in [5, 5.41) is 2.68. The number of hydrogen-bond acceptors (Lipinski definition) is 6. The minimum atomic E-state index is -0.687. The van der Waals surface area contributed by atoms with Gasteiger partial charge in [0.25, 0.3) is 5.91 Å². The van der Waals surface area contributed by atoms with Gasteiger partial charge in [-0.15, -0.1) is 0 Å². The molecule has 160 valence electrons. The number of carbonyl (C=O) groups is 2. The van der Waals surface area contributed by atoms with Crippen molar-refractivity contribution < 1.29 is 32.9 Å². The van der Waals surface area contributed by atoms with Crippen molar-refractivity contribution in [2.24, 2.45) is 0 Å². The molecule has 0 aliphatic carbocycles. The van der Waals surface area contributed by atoms with Gasteiger partial charge in [-0.05, 0) is 48.4 Å². The van der Waals surface area contributed by atoms with Crippen LogP contribution < -0.4 is 19.5 Å². The molecule has 2 rings (SSSR count). The zero-order valence-corrected chi connectivity index (χ0v) is 17.2. The Kier molecular flexibility index (Phi) is 8.22. The van der Waals surface area contributed by atoms with E-state index in [1.54, 1.807) is 31.2 Å². The summed E-state index contributed by atoms with van der Waals surface area (Å²) in [6.07, 6.45) is 2.70.